The standard InChI is InChI=1S/C16H23BrOS/c1-2-3-4-5-9-12-16(18)15(17)13-19-14-10-7-6-8-11-14/h6-8,10-11,13,16,18H,2-5,9,12H2,1H3/b15-13-. The predicted octanol–water partition coefficient (Wildman–Crippen LogP) is 5.74. The monoisotopic (exact) mass is 342 g/mol. The van der Waals surface area contributed by atoms with Crippen molar-refractivity contribution < 1.29 is 5.11 Å². The topological polar surface area (TPSA) is 20.2 Å². The highest BCUT2D eigenvalue weighted by Crippen LogP contribution is 2.25. The van der Waals surface area contributed by atoms with E-state index in [1.807, 2.05) is 23.6 Å². The summed E-state index contributed by atoms with van der Waals surface area (Å²) in [5.41, 5.74) is 0. The average Bonchev–Trinajstić information content (AvgIpc) is 2.45. The fourth-order valence-electron chi connectivity index (χ4n) is 1.78. The number of benzene rings is 1. The van der Waals surface area contributed by atoms with Crippen LogP contribution in [0.1, 0.15) is 45.4 Å². The van der Waals surface area contributed by atoms with Gasteiger partial charge in [0.1, 0.15) is 0 Å². The van der Waals surface area contributed by atoms with Crippen LogP contribution >= 0.6 is 27.7 Å². The zero-order valence-electron chi connectivity index (χ0n) is 11.5. The lowest BCUT2D eigenvalue weighted by Crippen LogP contribution is -2.05. The Bertz CT molecular complexity index is 364. The summed E-state index contributed by atoms with van der Waals surface area (Å²) < 4.78 is 0.886. The summed E-state index contributed by atoms with van der Waals surface area (Å²) in [5, 5.41) is 12.0. The minimum atomic E-state index is -0.363. The molecule has 19 heavy (non-hydrogen) atoms. The highest BCUT2D eigenvalue weighted by molar-refractivity contribution is 9.11. The summed E-state index contributed by atoms with van der Waals surface area (Å²) in [6.07, 6.45) is 6.64. The largest absolute Gasteiger partial charge is 0.388 e. The molecule has 0 amide bonds. The third-order valence-corrected chi connectivity index (χ3v) is 4.93. The van der Waals surface area contributed by atoms with Gasteiger partial charge in [-0.2, -0.15) is 0 Å². The minimum Gasteiger partial charge on any atom is -0.388 e. The molecule has 1 aromatic carbocycles. The molecule has 0 heterocycles. The van der Waals surface area contributed by atoms with Crippen molar-refractivity contribution in [2.24, 2.45) is 0 Å². The molecule has 0 saturated heterocycles. The fraction of sp³-hybridized carbons (Fsp3) is 0.500. The molecule has 0 radical (unpaired) electrons. The van der Waals surface area contributed by atoms with Gasteiger partial charge in [-0.3, -0.25) is 0 Å². The Hall–Kier alpha value is -0.250. The van der Waals surface area contributed by atoms with Crippen molar-refractivity contribution in [2.45, 2.75) is 56.4 Å². The molecule has 0 spiro atoms. The highest BCUT2D eigenvalue weighted by Gasteiger charge is 2.07. The third-order valence-electron chi connectivity index (χ3n) is 2.95. The Kier molecular flexibility index (Phi) is 9.31. The smallest absolute Gasteiger partial charge is 0.0859 e. The van der Waals surface area contributed by atoms with E-state index in [2.05, 4.69) is 35.0 Å². The maximum atomic E-state index is 10.0. The SMILES string of the molecule is CCCCCCCC(O)/C(Br)=C/Sc1ccccc1. The maximum absolute atomic E-state index is 10.0. The van der Waals surface area contributed by atoms with Gasteiger partial charge >= 0.3 is 0 Å². The normalized spacial score (nSPS) is 13.5. The summed E-state index contributed by atoms with van der Waals surface area (Å²) in [6, 6.07) is 10.2. The van der Waals surface area contributed by atoms with Gasteiger partial charge in [0.2, 0.25) is 0 Å². The number of unbranched alkanes of at least 4 members (excludes halogenated alkanes) is 4. The van der Waals surface area contributed by atoms with E-state index in [9.17, 15) is 5.11 Å². The van der Waals surface area contributed by atoms with E-state index < -0.39 is 0 Å². The van der Waals surface area contributed by atoms with Crippen LogP contribution in [0.2, 0.25) is 0 Å². The molecule has 1 rings (SSSR count). The van der Waals surface area contributed by atoms with E-state index in [0.717, 1.165) is 17.3 Å². The number of aliphatic hydroxyl groups is 1. The lowest BCUT2D eigenvalue weighted by molar-refractivity contribution is 0.205. The zero-order valence-corrected chi connectivity index (χ0v) is 13.9. The van der Waals surface area contributed by atoms with E-state index >= 15 is 0 Å². The van der Waals surface area contributed by atoms with E-state index in [1.165, 1.54) is 30.6 Å². The first-order valence-corrected chi connectivity index (χ1v) is 8.66. The van der Waals surface area contributed by atoms with E-state index in [1.54, 1.807) is 11.8 Å². The first-order chi connectivity index (χ1) is 9.24. The number of rotatable bonds is 9. The van der Waals surface area contributed by atoms with Crippen LogP contribution in [-0.4, -0.2) is 11.2 Å². The van der Waals surface area contributed by atoms with Gasteiger partial charge < -0.3 is 5.11 Å². The second-order valence-electron chi connectivity index (χ2n) is 4.65. The lowest BCUT2D eigenvalue weighted by Gasteiger charge is -2.09. The van der Waals surface area contributed by atoms with Crippen molar-refractivity contribution >= 4 is 27.7 Å². The van der Waals surface area contributed by atoms with Gasteiger partial charge in [0, 0.05) is 9.38 Å². The van der Waals surface area contributed by atoms with Gasteiger partial charge in [-0.1, -0.05) is 84.9 Å². The Balaban J connectivity index is 2.25. The van der Waals surface area contributed by atoms with Crippen LogP contribution in [0.4, 0.5) is 0 Å². The van der Waals surface area contributed by atoms with Crippen LogP contribution in [0.15, 0.2) is 45.1 Å². The molecule has 0 saturated carbocycles. The van der Waals surface area contributed by atoms with Crippen molar-refractivity contribution in [3.8, 4) is 0 Å². The number of hydrogen-bond acceptors (Lipinski definition) is 2. The molecule has 3 heteroatoms. The van der Waals surface area contributed by atoms with Crippen molar-refractivity contribution in [2.75, 3.05) is 0 Å². The first-order valence-electron chi connectivity index (χ1n) is 6.99. The lowest BCUT2D eigenvalue weighted by atomic mass is 10.1. The molecular weight excluding hydrogens is 320 g/mol. The van der Waals surface area contributed by atoms with Crippen LogP contribution in [-0.2, 0) is 0 Å². The van der Waals surface area contributed by atoms with E-state index in [-0.39, 0.29) is 6.10 Å². The molecule has 0 bridgehead atoms. The van der Waals surface area contributed by atoms with Gasteiger partial charge in [-0.25, -0.2) is 0 Å². The molecule has 1 atom stereocenters. The molecule has 0 aliphatic rings. The van der Waals surface area contributed by atoms with Gasteiger partial charge in [-0.15, -0.1) is 0 Å². The van der Waals surface area contributed by atoms with Gasteiger partial charge in [0.15, 0.2) is 0 Å². The van der Waals surface area contributed by atoms with Crippen LogP contribution in [0, 0.1) is 0 Å². The van der Waals surface area contributed by atoms with Gasteiger partial charge in [-0.05, 0) is 24.0 Å². The molecule has 106 valence electrons. The Morgan fingerprint density at radius 2 is 1.89 bits per heavy atom. The Labute approximate surface area is 129 Å². The van der Waals surface area contributed by atoms with E-state index in [0.29, 0.717) is 0 Å². The number of hydrogen-bond donors (Lipinski definition) is 1. The van der Waals surface area contributed by atoms with Crippen LogP contribution in [0.3, 0.4) is 0 Å². The molecule has 1 aromatic rings. The molecule has 0 aromatic heterocycles. The second-order valence-corrected chi connectivity index (χ2v) is 6.51. The molecule has 0 aliphatic carbocycles. The maximum Gasteiger partial charge on any atom is 0.0859 e. The number of thioether (sulfide) groups is 1. The summed E-state index contributed by atoms with van der Waals surface area (Å²) in [6.45, 7) is 2.22. The Morgan fingerprint density at radius 3 is 2.58 bits per heavy atom. The minimum absolute atomic E-state index is 0.363. The highest BCUT2D eigenvalue weighted by atomic mass is 79.9. The summed E-state index contributed by atoms with van der Waals surface area (Å²) in [5.74, 6) is 0. The van der Waals surface area contributed by atoms with Gasteiger partial charge in [0.25, 0.3) is 0 Å². The summed E-state index contributed by atoms with van der Waals surface area (Å²) >= 11 is 5.11. The molecule has 1 N–H and O–H groups in total. The predicted molar refractivity (Wildman–Crippen MR) is 88.7 cm³/mol. The number of halogens is 1. The van der Waals surface area contributed by atoms with Crippen molar-refractivity contribution in [1.82, 2.24) is 0 Å². The van der Waals surface area contributed by atoms with Crippen LogP contribution < -0.4 is 0 Å². The quantitative estimate of drug-likeness (QED) is 0.456. The fourth-order valence-corrected chi connectivity index (χ4v) is 3.01. The summed E-state index contributed by atoms with van der Waals surface area (Å²) in [4.78, 5) is 1.19. The second kappa shape index (κ2) is 10.5. The zero-order chi connectivity index (χ0) is 13.9. The van der Waals surface area contributed by atoms with E-state index in [4.69, 9.17) is 0 Å². The van der Waals surface area contributed by atoms with Crippen LogP contribution in [0.25, 0.3) is 0 Å². The first kappa shape index (κ1) is 16.8. The molecule has 0 aliphatic heterocycles. The molecular formula is C16H23BrOS. The van der Waals surface area contributed by atoms with Crippen molar-refractivity contribution in [1.29, 1.82) is 0 Å². The Morgan fingerprint density at radius 1 is 1.21 bits per heavy atom. The number of aliphatic hydroxyl groups excluding tert-OH is 1. The molecule has 1 nitrogen and oxygen atoms in total. The van der Waals surface area contributed by atoms with Crippen molar-refractivity contribution in [3.05, 3.63) is 40.2 Å². The third kappa shape index (κ3) is 7.81. The van der Waals surface area contributed by atoms with Gasteiger partial charge in [0.05, 0.1) is 6.10 Å². The molecule has 1 unspecified atom stereocenters. The van der Waals surface area contributed by atoms with Crippen molar-refractivity contribution in [3.63, 3.8) is 0 Å². The molecule has 0 fully saturated rings. The average molecular weight is 343 g/mol. The van der Waals surface area contributed by atoms with Crippen LogP contribution in [0.5, 0.6) is 0 Å². The summed E-state index contributed by atoms with van der Waals surface area (Å²) in [7, 11) is 0.